The maximum atomic E-state index is 13.0. The molecule has 124 valence electrons. The van der Waals surface area contributed by atoms with E-state index in [0.717, 1.165) is 23.3 Å². The number of carbonyl (C=O) groups is 1. The number of benzene rings is 2. The van der Waals surface area contributed by atoms with Crippen LogP contribution >= 0.6 is 0 Å². The van der Waals surface area contributed by atoms with Crippen molar-refractivity contribution in [3.05, 3.63) is 70.8 Å². The number of ketones is 1. The molecule has 3 rings (SSSR count). The van der Waals surface area contributed by atoms with Gasteiger partial charge in [-0.15, -0.1) is 0 Å². The van der Waals surface area contributed by atoms with Crippen molar-refractivity contribution in [2.45, 2.75) is 19.2 Å². The van der Waals surface area contributed by atoms with Gasteiger partial charge in [0.2, 0.25) is 0 Å². The molecule has 1 aliphatic rings. The van der Waals surface area contributed by atoms with Gasteiger partial charge < -0.3 is 4.74 Å². The van der Waals surface area contributed by atoms with Crippen LogP contribution in [-0.4, -0.2) is 12.4 Å². The molecule has 0 amide bonds. The SMILES string of the molecule is CC(=O)COC1C(c2ccccc2)=Cc2ccc(C(F)(F)F)cc21. The molecule has 1 aliphatic carbocycles. The lowest BCUT2D eigenvalue weighted by atomic mass is 9.99. The second-order valence-electron chi connectivity index (χ2n) is 5.70. The lowest BCUT2D eigenvalue weighted by Gasteiger charge is -2.18. The summed E-state index contributed by atoms with van der Waals surface area (Å²) in [6.07, 6.45) is -3.29. The van der Waals surface area contributed by atoms with Crippen molar-refractivity contribution in [1.82, 2.24) is 0 Å². The first kappa shape index (κ1) is 16.5. The van der Waals surface area contributed by atoms with Gasteiger partial charge in [-0.1, -0.05) is 36.4 Å². The Labute approximate surface area is 137 Å². The summed E-state index contributed by atoms with van der Waals surface area (Å²) in [4.78, 5) is 11.3. The van der Waals surface area contributed by atoms with Crippen molar-refractivity contribution in [1.29, 1.82) is 0 Å². The highest BCUT2D eigenvalue weighted by Crippen LogP contribution is 2.44. The van der Waals surface area contributed by atoms with Crippen molar-refractivity contribution in [2.24, 2.45) is 0 Å². The summed E-state index contributed by atoms with van der Waals surface area (Å²) in [5, 5.41) is 0. The molecular weight excluding hydrogens is 317 g/mol. The summed E-state index contributed by atoms with van der Waals surface area (Å²) in [5.74, 6) is -0.178. The molecule has 0 aromatic heterocycles. The van der Waals surface area contributed by atoms with Crippen molar-refractivity contribution in [2.75, 3.05) is 6.61 Å². The van der Waals surface area contributed by atoms with Gasteiger partial charge in [0.1, 0.15) is 12.7 Å². The zero-order valence-corrected chi connectivity index (χ0v) is 12.9. The molecule has 24 heavy (non-hydrogen) atoms. The van der Waals surface area contributed by atoms with E-state index in [1.807, 2.05) is 36.4 Å². The van der Waals surface area contributed by atoms with Gasteiger partial charge in [0.05, 0.1) is 5.56 Å². The molecule has 0 heterocycles. The first-order valence-electron chi connectivity index (χ1n) is 7.45. The minimum Gasteiger partial charge on any atom is -0.361 e. The lowest BCUT2D eigenvalue weighted by Crippen LogP contribution is -2.12. The number of halogens is 3. The molecule has 0 spiro atoms. The van der Waals surface area contributed by atoms with Gasteiger partial charge in [-0.25, -0.2) is 0 Å². The summed E-state index contributed by atoms with van der Waals surface area (Å²) in [5.41, 5.74) is 2.00. The van der Waals surface area contributed by atoms with Crippen LogP contribution in [0.25, 0.3) is 11.6 Å². The Balaban J connectivity index is 2.03. The molecule has 0 fully saturated rings. The van der Waals surface area contributed by atoms with Gasteiger partial charge in [0, 0.05) is 0 Å². The fraction of sp³-hybridized carbons (Fsp3) is 0.211. The number of carbonyl (C=O) groups excluding carboxylic acids is 1. The normalized spacial score (nSPS) is 16.7. The number of fused-ring (bicyclic) bond motifs is 1. The molecule has 0 N–H and O–H groups in total. The molecule has 0 saturated heterocycles. The zero-order valence-electron chi connectivity index (χ0n) is 12.9. The number of Topliss-reactive ketones (excluding diaryl/α,β-unsaturated/α-hetero) is 1. The summed E-state index contributed by atoms with van der Waals surface area (Å²) in [7, 11) is 0. The Morgan fingerprint density at radius 3 is 2.46 bits per heavy atom. The van der Waals surface area contributed by atoms with Crippen molar-refractivity contribution in [3.8, 4) is 0 Å². The van der Waals surface area contributed by atoms with Crippen molar-refractivity contribution in [3.63, 3.8) is 0 Å². The zero-order chi connectivity index (χ0) is 17.3. The second-order valence-corrected chi connectivity index (χ2v) is 5.70. The largest absolute Gasteiger partial charge is 0.416 e. The van der Waals surface area contributed by atoms with Crippen LogP contribution in [-0.2, 0) is 15.7 Å². The molecule has 0 bridgehead atoms. The van der Waals surface area contributed by atoms with Crippen LogP contribution in [0.4, 0.5) is 13.2 Å². The Hall–Kier alpha value is -2.40. The molecule has 2 aromatic carbocycles. The van der Waals surface area contributed by atoms with E-state index in [1.165, 1.54) is 13.0 Å². The highest BCUT2D eigenvalue weighted by atomic mass is 19.4. The summed E-state index contributed by atoms with van der Waals surface area (Å²) < 4.78 is 44.7. The fourth-order valence-electron chi connectivity index (χ4n) is 2.77. The van der Waals surface area contributed by atoms with Gasteiger partial charge in [0.15, 0.2) is 5.78 Å². The van der Waals surface area contributed by atoms with E-state index in [9.17, 15) is 18.0 Å². The highest BCUT2D eigenvalue weighted by molar-refractivity contribution is 5.91. The number of hydrogen-bond donors (Lipinski definition) is 0. The van der Waals surface area contributed by atoms with Crippen LogP contribution in [0.2, 0.25) is 0 Å². The van der Waals surface area contributed by atoms with Gasteiger partial charge >= 0.3 is 6.18 Å². The van der Waals surface area contributed by atoms with Crippen LogP contribution in [0.15, 0.2) is 48.5 Å². The molecule has 5 heteroatoms. The molecular formula is C19H15F3O2. The third-order valence-electron chi connectivity index (χ3n) is 3.85. The van der Waals surface area contributed by atoms with Crippen LogP contribution in [0.5, 0.6) is 0 Å². The average molecular weight is 332 g/mol. The molecule has 1 unspecified atom stereocenters. The Morgan fingerprint density at radius 2 is 1.83 bits per heavy atom. The third-order valence-corrected chi connectivity index (χ3v) is 3.85. The number of hydrogen-bond acceptors (Lipinski definition) is 2. The van der Waals surface area contributed by atoms with E-state index in [0.29, 0.717) is 11.1 Å². The maximum absolute atomic E-state index is 13.0. The van der Waals surface area contributed by atoms with E-state index in [1.54, 1.807) is 0 Å². The van der Waals surface area contributed by atoms with Crippen LogP contribution < -0.4 is 0 Å². The summed E-state index contributed by atoms with van der Waals surface area (Å²) in [6.45, 7) is 1.23. The van der Waals surface area contributed by atoms with Crippen LogP contribution in [0, 0.1) is 0 Å². The number of rotatable bonds is 4. The van der Waals surface area contributed by atoms with E-state index < -0.39 is 17.8 Å². The van der Waals surface area contributed by atoms with Crippen molar-refractivity contribution < 1.29 is 22.7 Å². The molecule has 2 aromatic rings. The molecule has 0 saturated carbocycles. The minimum absolute atomic E-state index is 0.148. The van der Waals surface area contributed by atoms with Crippen LogP contribution in [0.1, 0.15) is 35.3 Å². The molecule has 0 aliphatic heterocycles. The van der Waals surface area contributed by atoms with Gasteiger partial charge in [-0.05, 0) is 47.4 Å². The predicted octanol–water partition coefficient (Wildman–Crippen LogP) is 4.91. The smallest absolute Gasteiger partial charge is 0.361 e. The first-order chi connectivity index (χ1) is 11.4. The topological polar surface area (TPSA) is 26.3 Å². The van der Waals surface area contributed by atoms with E-state index >= 15 is 0 Å². The van der Waals surface area contributed by atoms with Gasteiger partial charge in [-0.2, -0.15) is 13.2 Å². The van der Waals surface area contributed by atoms with E-state index in [-0.39, 0.29) is 12.4 Å². The molecule has 2 nitrogen and oxygen atoms in total. The van der Waals surface area contributed by atoms with Crippen molar-refractivity contribution >= 4 is 17.4 Å². The Morgan fingerprint density at radius 1 is 1.12 bits per heavy atom. The summed E-state index contributed by atoms with van der Waals surface area (Å²) >= 11 is 0. The average Bonchev–Trinajstić information content (AvgIpc) is 2.90. The Kier molecular flexibility index (Phi) is 4.28. The van der Waals surface area contributed by atoms with E-state index in [4.69, 9.17) is 4.74 Å². The summed E-state index contributed by atoms with van der Waals surface area (Å²) in [6, 6.07) is 12.9. The van der Waals surface area contributed by atoms with Crippen LogP contribution in [0.3, 0.4) is 0 Å². The standard InChI is InChI=1S/C19H15F3O2/c1-12(23)11-24-18-16(13-5-3-2-4-6-13)9-14-7-8-15(10-17(14)18)19(20,21)22/h2-10,18H,11H2,1H3. The quantitative estimate of drug-likeness (QED) is 0.795. The molecule has 1 atom stereocenters. The number of ether oxygens (including phenoxy) is 1. The maximum Gasteiger partial charge on any atom is 0.416 e. The minimum atomic E-state index is -4.42. The fourth-order valence-corrected chi connectivity index (χ4v) is 2.77. The second kappa shape index (κ2) is 6.24. The van der Waals surface area contributed by atoms with Gasteiger partial charge in [-0.3, -0.25) is 4.79 Å². The highest BCUT2D eigenvalue weighted by Gasteiger charge is 2.34. The third kappa shape index (κ3) is 3.26. The van der Waals surface area contributed by atoms with E-state index in [2.05, 4.69) is 0 Å². The monoisotopic (exact) mass is 332 g/mol. The Bertz CT molecular complexity index is 792. The number of alkyl halides is 3. The predicted molar refractivity (Wildman–Crippen MR) is 85.1 cm³/mol. The molecule has 0 radical (unpaired) electrons. The first-order valence-corrected chi connectivity index (χ1v) is 7.45. The lowest BCUT2D eigenvalue weighted by molar-refractivity contribution is -0.137. The van der Waals surface area contributed by atoms with Gasteiger partial charge in [0.25, 0.3) is 0 Å².